The summed E-state index contributed by atoms with van der Waals surface area (Å²) in [6.45, 7) is 4.28. The van der Waals surface area contributed by atoms with Crippen molar-refractivity contribution in [2.75, 3.05) is 27.7 Å². The van der Waals surface area contributed by atoms with Gasteiger partial charge < -0.3 is 14.2 Å². The maximum absolute atomic E-state index is 5.38. The van der Waals surface area contributed by atoms with Gasteiger partial charge in [-0.25, -0.2) is 0 Å². The minimum atomic E-state index is 0.532. The van der Waals surface area contributed by atoms with Gasteiger partial charge in [0.2, 0.25) is 0 Å². The van der Waals surface area contributed by atoms with Crippen molar-refractivity contribution >= 4 is 11.0 Å². The summed E-state index contributed by atoms with van der Waals surface area (Å²) in [5, 5.41) is 0. The summed E-state index contributed by atoms with van der Waals surface area (Å²) in [6, 6.07) is 14.4. The Balaban J connectivity index is 1.75. The molecular formula is C25H28N4O. The molecule has 0 radical (unpaired) electrons. The van der Waals surface area contributed by atoms with Gasteiger partial charge in [-0.05, 0) is 55.9 Å². The lowest BCUT2D eigenvalue weighted by Crippen LogP contribution is -2.22. The highest BCUT2D eigenvalue weighted by Gasteiger charge is 2.15. The summed E-state index contributed by atoms with van der Waals surface area (Å²) in [4.78, 5) is 11.5. The maximum Gasteiger partial charge on any atom is 0.119 e. The average molecular weight is 401 g/mol. The topological polar surface area (TPSA) is 43.2 Å². The third kappa shape index (κ3) is 4.21. The van der Waals surface area contributed by atoms with Crippen LogP contribution >= 0.6 is 0 Å². The molecule has 0 amide bonds. The number of benzene rings is 1. The van der Waals surface area contributed by atoms with E-state index in [9.17, 15) is 0 Å². The van der Waals surface area contributed by atoms with E-state index in [1.807, 2.05) is 42.9 Å². The van der Waals surface area contributed by atoms with E-state index >= 15 is 0 Å². The van der Waals surface area contributed by atoms with Crippen molar-refractivity contribution in [3.05, 3.63) is 67.3 Å². The molecule has 5 heteroatoms. The number of rotatable bonds is 7. The van der Waals surface area contributed by atoms with Gasteiger partial charge in [0.25, 0.3) is 0 Å². The van der Waals surface area contributed by atoms with Crippen LogP contribution in [0.25, 0.3) is 33.3 Å². The number of fused-ring (bicyclic) bond motifs is 1. The Morgan fingerprint density at radius 1 is 1.03 bits per heavy atom. The Bertz CT molecular complexity index is 1150. The van der Waals surface area contributed by atoms with Gasteiger partial charge in [0.05, 0.1) is 18.1 Å². The third-order valence-corrected chi connectivity index (χ3v) is 5.27. The second kappa shape index (κ2) is 8.67. The summed E-state index contributed by atoms with van der Waals surface area (Å²) in [6.07, 6.45) is 7.89. The first kappa shape index (κ1) is 20.1. The smallest absolute Gasteiger partial charge is 0.119 e. The molecule has 0 aliphatic heterocycles. The monoisotopic (exact) mass is 400 g/mol. The average Bonchev–Trinajstić information content (AvgIpc) is 3.12. The molecule has 0 aliphatic rings. The number of nitrogens with zero attached hydrogens (tertiary/aromatic N) is 4. The van der Waals surface area contributed by atoms with Crippen molar-refractivity contribution < 1.29 is 4.74 Å². The zero-order valence-electron chi connectivity index (χ0n) is 18.0. The zero-order chi connectivity index (χ0) is 21.1. The summed E-state index contributed by atoms with van der Waals surface area (Å²) in [5.41, 5.74) is 6.49. The molecule has 154 valence electrons. The van der Waals surface area contributed by atoms with Crippen LogP contribution in [-0.4, -0.2) is 47.2 Å². The molecule has 1 aromatic carbocycles. The molecule has 0 N–H and O–H groups in total. The van der Waals surface area contributed by atoms with Gasteiger partial charge in [-0.3, -0.25) is 9.97 Å². The standard InChI is InChI=1S/C25H28N4O/c1-18(15-28(2)3)16-29-17-23(25-24(29)9-6-10-27-25)21-11-20(13-26-14-21)19-7-5-8-22(12-19)30-4/h5-14,17-18H,15-16H2,1-4H3. The van der Waals surface area contributed by atoms with E-state index in [0.717, 1.165) is 52.1 Å². The lowest BCUT2D eigenvalue weighted by Gasteiger charge is -2.17. The van der Waals surface area contributed by atoms with Gasteiger partial charge in [0, 0.05) is 54.6 Å². The molecule has 0 saturated heterocycles. The quantitative estimate of drug-likeness (QED) is 0.439. The van der Waals surface area contributed by atoms with Crippen molar-refractivity contribution in [3.8, 4) is 28.0 Å². The number of aromatic nitrogens is 3. The highest BCUT2D eigenvalue weighted by atomic mass is 16.5. The first-order chi connectivity index (χ1) is 14.5. The fourth-order valence-corrected chi connectivity index (χ4v) is 4.05. The SMILES string of the molecule is COc1cccc(-c2cncc(-c3cn(CC(C)CN(C)C)c4cccnc34)c2)c1. The maximum atomic E-state index is 5.38. The van der Waals surface area contributed by atoms with Crippen molar-refractivity contribution in [2.24, 2.45) is 5.92 Å². The number of hydrogen-bond donors (Lipinski definition) is 0. The van der Waals surface area contributed by atoms with Crippen LogP contribution in [0.3, 0.4) is 0 Å². The van der Waals surface area contributed by atoms with Gasteiger partial charge in [0.15, 0.2) is 0 Å². The molecule has 0 fully saturated rings. The Labute approximate surface area is 178 Å². The highest BCUT2D eigenvalue weighted by molar-refractivity contribution is 5.93. The number of ether oxygens (including phenoxy) is 1. The van der Waals surface area contributed by atoms with Crippen molar-refractivity contribution in [1.82, 2.24) is 19.4 Å². The molecule has 0 bridgehead atoms. The molecule has 0 spiro atoms. The molecule has 3 heterocycles. The summed E-state index contributed by atoms with van der Waals surface area (Å²) >= 11 is 0. The zero-order valence-corrected chi connectivity index (χ0v) is 18.0. The second-order valence-corrected chi connectivity index (χ2v) is 8.13. The van der Waals surface area contributed by atoms with Crippen LogP contribution in [0.4, 0.5) is 0 Å². The van der Waals surface area contributed by atoms with Crippen LogP contribution in [0.5, 0.6) is 5.75 Å². The Morgan fingerprint density at radius 2 is 1.87 bits per heavy atom. The van der Waals surface area contributed by atoms with Crippen LogP contribution in [0.1, 0.15) is 6.92 Å². The lowest BCUT2D eigenvalue weighted by atomic mass is 10.0. The van der Waals surface area contributed by atoms with Crippen LogP contribution < -0.4 is 4.74 Å². The second-order valence-electron chi connectivity index (χ2n) is 8.13. The van der Waals surface area contributed by atoms with Crippen LogP contribution in [0.15, 0.2) is 67.3 Å². The Kier molecular flexibility index (Phi) is 5.81. The largest absolute Gasteiger partial charge is 0.497 e. The van der Waals surface area contributed by atoms with Gasteiger partial charge >= 0.3 is 0 Å². The highest BCUT2D eigenvalue weighted by Crippen LogP contribution is 2.32. The van der Waals surface area contributed by atoms with Crippen LogP contribution in [0, 0.1) is 5.92 Å². The Hall–Kier alpha value is -3.18. The first-order valence-corrected chi connectivity index (χ1v) is 10.2. The number of pyridine rings is 2. The molecule has 0 saturated carbocycles. The molecular weight excluding hydrogens is 372 g/mol. The fourth-order valence-electron chi connectivity index (χ4n) is 4.05. The molecule has 4 aromatic rings. The van der Waals surface area contributed by atoms with Crippen molar-refractivity contribution in [2.45, 2.75) is 13.5 Å². The van der Waals surface area contributed by atoms with E-state index in [1.54, 1.807) is 7.11 Å². The Morgan fingerprint density at radius 3 is 2.67 bits per heavy atom. The summed E-state index contributed by atoms with van der Waals surface area (Å²) < 4.78 is 7.70. The lowest BCUT2D eigenvalue weighted by molar-refractivity contribution is 0.318. The predicted octanol–water partition coefficient (Wildman–Crippen LogP) is 4.97. The minimum absolute atomic E-state index is 0.532. The summed E-state index contributed by atoms with van der Waals surface area (Å²) in [7, 11) is 5.92. The molecule has 0 aliphatic carbocycles. The van der Waals surface area contributed by atoms with Crippen LogP contribution in [0.2, 0.25) is 0 Å². The van der Waals surface area contributed by atoms with Crippen LogP contribution in [-0.2, 0) is 6.54 Å². The molecule has 5 nitrogen and oxygen atoms in total. The number of methoxy groups -OCH3 is 1. The molecule has 1 unspecified atom stereocenters. The molecule has 1 atom stereocenters. The van der Waals surface area contributed by atoms with E-state index in [2.05, 4.69) is 59.9 Å². The summed E-state index contributed by atoms with van der Waals surface area (Å²) in [5.74, 6) is 1.37. The normalized spacial score (nSPS) is 12.4. The minimum Gasteiger partial charge on any atom is -0.497 e. The predicted molar refractivity (Wildman–Crippen MR) is 123 cm³/mol. The molecule has 30 heavy (non-hydrogen) atoms. The third-order valence-electron chi connectivity index (χ3n) is 5.27. The van der Waals surface area contributed by atoms with Gasteiger partial charge in [-0.2, -0.15) is 0 Å². The van der Waals surface area contributed by atoms with E-state index in [0.29, 0.717) is 5.92 Å². The van der Waals surface area contributed by atoms with Crippen molar-refractivity contribution in [3.63, 3.8) is 0 Å². The number of hydrogen-bond acceptors (Lipinski definition) is 4. The molecule has 3 aromatic heterocycles. The van der Waals surface area contributed by atoms with Gasteiger partial charge in [-0.1, -0.05) is 19.1 Å². The fraction of sp³-hybridized carbons (Fsp3) is 0.280. The van der Waals surface area contributed by atoms with E-state index < -0.39 is 0 Å². The van der Waals surface area contributed by atoms with E-state index in [-0.39, 0.29) is 0 Å². The van der Waals surface area contributed by atoms with Gasteiger partial charge in [-0.15, -0.1) is 0 Å². The van der Waals surface area contributed by atoms with E-state index in [4.69, 9.17) is 9.72 Å². The van der Waals surface area contributed by atoms with Crippen molar-refractivity contribution in [1.29, 1.82) is 0 Å². The molecule has 4 rings (SSSR count). The first-order valence-electron chi connectivity index (χ1n) is 10.2. The van der Waals surface area contributed by atoms with E-state index in [1.165, 1.54) is 0 Å². The van der Waals surface area contributed by atoms with Gasteiger partial charge in [0.1, 0.15) is 5.75 Å².